The molecule has 1 fully saturated rings. The number of furan rings is 1. The van der Waals surface area contributed by atoms with Gasteiger partial charge in [0.2, 0.25) is 10.0 Å². The van der Waals surface area contributed by atoms with E-state index in [0.29, 0.717) is 43.4 Å². The molecule has 0 radical (unpaired) electrons. The highest BCUT2D eigenvalue weighted by atomic mass is 32.2. The molecule has 10 heteroatoms. The molecule has 2 aromatic carbocycles. The molecule has 0 bridgehead atoms. The molecule has 1 aliphatic rings. The van der Waals surface area contributed by atoms with Crippen molar-refractivity contribution in [3.8, 4) is 5.75 Å². The molecule has 0 unspecified atom stereocenters. The van der Waals surface area contributed by atoms with Gasteiger partial charge in [0.1, 0.15) is 23.9 Å². The Labute approximate surface area is 198 Å². The van der Waals surface area contributed by atoms with Gasteiger partial charge in [0.15, 0.2) is 5.76 Å². The van der Waals surface area contributed by atoms with Gasteiger partial charge in [-0.3, -0.25) is 4.79 Å². The highest BCUT2D eigenvalue weighted by Crippen LogP contribution is 2.21. The molecule has 1 aromatic heterocycles. The third-order valence-electron chi connectivity index (χ3n) is 5.61. The number of piperazine rings is 1. The summed E-state index contributed by atoms with van der Waals surface area (Å²) in [5.41, 5.74) is 0.445. The summed E-state index contributed by atoms with van der Waals surface area (Å²) < 4.78 is 51.3. The zero-order chi connectivity index (χ0) is 24.1. The molecule has 2 heterocycles. The number of nitrogens with one attached hydrogen (secondary N) is 1. The molecule has 3 aromatic rings. The predicted molar refractivity (Wildman–Crippen MR) is 125 cm³/mol. The Morgan fingerprint density at radius 2 is 1.68 bits per heavy atom. The lowest BCUT2D eigenvalue weighted by atomic mass is 10.3. The number of hydrogen-bond donors (Lipinski definition) is 1. The van der Waals surface area contributed by atoms with Crippen LogP contribution in [0.5, 0.6) is 5.75 Å². The Balaban J connectivity index is 1.33. The fraction of sp³-hybridized carbons (Fsp3) is 0.292. The molecule has 0 saturated carbocycles. The van der Waals surface area contributed by atoms with Gasteiger partial charge in [-0.05, 0) is 67.2 Å². The van der Waals surface area contributed by atoms with Gasteiger partial charge in [-0.15, -0.1) is 0 Å². The largest absolute Gasteiger partial charge is 0.486 e. The Hall–Kier alpha value is -3.21. The van der Waals surface area contributed by atoms with E-state index in [-0.39, 0.29) is 23.1 Å². The highest BCUT2D eigenvalue weighted by Gasteiger charge is 2.28. The number of likely N-dealkylation sites (N-methyl/N-ethyl adjacent to an activating group) is 1. The van der Waals surface area contributed by atoms with Crippen LogP contribution < -0.4 is 10.1 Å². The zero-order valence-electron chi connectivity index (χ0n) is 18.7. The van der Waals surface area contributed by atoms with Crippen molar-refractivity contribution in [2.45, 2.75) is 18.4 Å². The van der Waals surface area contributed by atoms with Crippen molar-refractivity contribution >= 4 is 21.6 Å². The second-order valence-electron chi connectivity index (χ2n) is 7.83. The number of benzene rings is 2. The summed E-state index contributed by atoms with van der Waals surface area (Å²) in [4.78, 5) is 14.9. The van der Waals surface area contributed by atoms with Crippen molar-refractivity contribution in [1.82, 2.24) is 9.21 Å². The second kappa shape index (κ2) is 10.4. The van der Waals surface area contributed by atoms with E-state index < -0.39 is 15.9 Å². The van der Waals surface area contributed by atoms with Crippen LogP contribution in [0.3, 0.4) is 0 Å². The number of carbonyl (C=O) groups excluding carboxylic acids is 1. The third kappa shape index (κ3) is 5.64. The van der Waals surface area contributed by atoms with Crippen molar-refractivity contribution in [3.63, 3.8) is 0 Å². The lowest BCUT2D eigenvalue weighted by Crippen LogP contribution is -2.48. The number of carbonyl (C=O) groups is 1. The van der Waals surface area contributed by atoms with Gasteiger partial charge in [0.25, 0.3) is 5.91 Å². The lowest BCUT2D eigenvalue weighted by Gasteiger charge is -2.33. The topological polar surface area (TPSA) is 92.1 Å². The van der Waals surface area contributed by atoms with E-state index >= 15 is 0 Å². The summed E-state index contributed by atoms with van der Waals surface area (Å²) in [6.07, 6.45) is 0. The van der Waals surface area contributed by atoms with Gasteiger partial charge in [0, 0.05) is 31.9 Å². The lowest BCUT2D eigenvalue weighted by molar-refractivity contribution is 0.0992. The van der Waals surface area contributed by atoms with Gasteiger partial charge in [-0.1, -0.05) is 6.92 Å². The molecule has 1 saturated heterocycles. The molecule has 1 aliphatic heterocycles. The first-order valence-electron chi connectivity index (χ1n) is 11.0. The quantitative estimate of drug-likeness (QED) is 0.522. The smallest absolute Gasteiger partial charge is 0.291 e. The van der Waals surface area contributed by atoms with Gasteiger partial charge >= 0.3 is 0 Å². The van der Waals surface area contributed by atoms with E-state index in [2.05, 4.69) is 17.1 Å². The fourth-order valence-electron chi connectivity index (χ4n) is 3.60. The monoisotopic (exact) mass is 487 g/mol. The van der Waals surface area contributed by atoms with Crippen LogP contribution in [0.4, 0.5) is 10.1 Å². The van der Waals surface area contributed by atoms with Crippen LogP contribution in [0.2, 0.25) is 0 Å². The predicted octanol–water partition coefficient (Wildman–Crippen LogP) is 3.58. The van der Waals surface area contributed by atoms with Crippen LogP contribution in [0.25, 0.3) is 0 Å². The number of sulfonamides is 1. The van der Waals surface area contributed by atoms with Crippen LogP contribution in [0.1, 0.15) is 23.2 Å². The Morgan fingerprint density at radius 3 is 2.32 bits per heavy atom. The first-order valence-corrected chi connectivity index (χ1v) is 12.4. The minimum atomic E-state index is -3.58. The molecule has 4 rings (SSSR count). The molecule has 0 aliphatic carbocycles. The number of halogens is 1. The maximum absolute atomic E-state index is 13.0. The zero-order valence-corrected chi connectivity index (χ0v) is 19.6. The number of ether oxygens (including phenoxy) is 1. The van der Waals surface area contributed by atoms with Gasteiger partial charge < -0.3 is 19.4 Å². The van der Waals surface area contributed by atoms with Crippen molar-refractivity contribution in [3.05, 3.63) is 78.0 Å². The third-order valence-corrected chi connectivity index (χ3v) is 7.52. The summed E-state index contributed by atoms with van der Waals surface area (Å²) in [6.45, 7) is 5.38. The van der Waals surface area contributed by atoms with E-state index in [1.165, 1.54) is 46.8 Å². The van der Waals surface area contributed by atoms with Gasteiger partial charge in [-0.2, -0.15) is 4.31 Å². The summed E-state index contributed by atoms with van der Waals surface area (Å²) in [5, 5.41) is 2.69. The van der Waals surface area contributed by atoms with E-state index in [9.17, 15) is 17.6 Å². The first kappa shape index (κ1) is 23.9. The number of amides is 1. The molecule has 8 nitrogen and oxygen atoms in total. The molecular formula is C24H26FN3O5S. The van der Waals surface area contributed by atoms with Gasteiger partial charge in [-0.25, -0.2) is 12.8 Å². The minimum Gasteiger partial charge on any atom is -0.486 e. The average molecular weight is 488 g/mol. The van der Waals surface area contributed by atoms with Crippen LogP contribution in [0.15, 0.2) is 70.0 Å². The van der Waals surface area contributed by atoms with E-state index in [1.807, 2.05) is 0 Å². The van der Waals surface area contributed by atoms with E-state index in [1.54, 1.807) is 18.2 Å². The Bertz CT molecular complexity index is 1220. The van der Waals surface area contributed by atoms with Crippen molar-refractivity contribution in [2.75, 3.05) is 38.0 Å². The maximum atomic E-state index is 13.0. The molecule has 0 atom stereocenters. The highest BCUT2D eigenvalue weighted by molar-refractivity contribution is 7.89. The molecule has 0 spiro atoms. The molecular weight excluding hydrogens is 461 g/mol. The van der Waals surface area contributed by atoms with Crippen molar-refractivity contribution in [1.29, 1.82) is 0 Å². The van der Waals surface area contributed by atoms with Crippen LogP contribution in [-0.4, -0.2) is 56.3 Å². The summed E-state index contributed by atoms with van der Waals surface area (Å²) in [6, 6.07) is 14.8. The van der Waals surface area contributed by atoms with Crippen molar-refractivity contribution in [2.24, 2.45) is 0 Å². The van der Waals surface area contributed by atoms with E-state index in [4.69, 9.17) is 9.15 Å². The number of anilines is 1. The first-order chi connectivity index (χ1) is 16.3. The Kier molecular flexibility index (Phi) is 7.30. The van der Waals surface area contributed by atoms with E-state index in [0.717, 1.165) is 6.54 Å². The molecule has 1 amide bonds. The van der Waals surface area contributed by atoms with Gasteiger partial charge in [0.05, 0.1) is 4.90 Å². The number of hydrogen-bond acceptors (Lipinski definition) is 6. The minimum absolute atomic E-state index is 0.0813. The number of nitrogens with zero attached hydrogens (tertiary/aromatic N) is 2. The van der Waals surface area contributed by atoms with Crippen LogP contribution in [0, 0.1) is 5.82 Å². The van der Waals surface area contributed by atoms with Crippen molar-refractivity contribution < 1.29 is 26.8 Å². The average Bonchev–Trinajstić information content (AvgIpc) is 3.33. The van der Waals surface area contributed by atoms with Crippen LogP contribution in [-0.2, 0) is 16.6 Å². The Morgan fingerprint density at radius 1 is 1.00 bits per heavy atom. The standard InChI is InChI=1S/C24H26FN3O5S/c1-2-27-13-15-28(16-14-27)34(30,31)22-10-5-19(6-11-22)26-24(29)23-12-9-21(33-23)17-32-20-7-3-18(25)4-8-20/h3-12H,2,13-17H2,1H3,(H,26,29). The second-order valence-corrected chi connectivity index (χ2v) is 9.76. The number of rotatable bonds is 8. The molecule has 1 N–H and O–H groups in total. The summed E-state index contributed by atoms with van der Waals surface area (Å²) >= 11 is 0. The fourth-order valence-corrected chi connectivity index (χ4v) is 5.02. The normalized spacial score (nSPS) is 15.2. The summed E-state index contributed by atoms with van der Waals surface area (Å²) in [5.74, 6) is 0.164. The molecule has 180 valence electrons. The SMILES string of the molecule is CCN1CCN(S(=O)(=O)c2ccc(NC(=O)c3ccc(COc4ccc(F)cc4)o3)cc2)CC1. The van der Waals surface area contributed by atoms with Crippen LogP contribution >= 0.6 is 0 Å². The maximum Gasteiger partial charge on any atom is 0.291 e. The molecule has 34 heavy (non-hydrogen) atoms. The summed E-state index contributed by atoms with van der Waals surface area (Å²) in [7, 11) is -3.58.